The van der Waals surface area contributed by atoms with E-state index in [1.807, 2.05) is 0 Å². The first kappa shape index (κ1) is 15.7. The predicted octanol–water partition coefficient (Wildman–Crippen LogP) is 2.20. The summed E-state index contributed by atoms with van der Waals surface area (Å²) >= 11 is 0. The zero-order valence-corrected chi connectivity index (χ0v) is 11.3. The van der Waals surface area contributed by atoms with Crippen LogP contribution in [0.2, 0.25) is 0 Å². The quantitative estimate of drug-likeness (QED) is 0.773. The Balaban J connectivity index is 2.55. The molecule has 0 saturated carbocycles. The standard InChI is InChI=1S/C14H17FN2O3/c1-9(2)12(13(18)19)17-14(20)16-8-7-10-5-3-4-6-11(10)15/h3-9,12H,1-2H3,(H,18,19)(H2,16,17,20)/b8-7+. The third-order valence-electron chi connectivity index (χ3n) is 2.60. The molecule has 0 bridgehead atoms. The summed E-state index contributed by atoms with van der Waals surface area (Å²) in [6.45, 7) is 3.38. The third kappa shape index (κ3) is 4.72. The normalized spacial score (nSPS) is 12.4. The van der Waals surface area contributed by atoms with Gasteiger partial charge in [0.2, 0.25) is 0 Å². The van der Waals surface area contributed by atoms with Crippen LogP contribution in [0.3, 0.4) is 0 Å². The van der Waals surface area contributed by atoms with Gasteiger partial charge in [0.05, 0.1) is 0 Å². The lowest BCUT2D eigenvalue weighted by Gasteiger charge is -2.17. The van der Waals surface area contributed by atoms with Crippen LogP contribution in [-0.4, -0.2) is 23.1 Å². The maximum absolute atomic E-state index is 13.3. The summed E-state index contributed by atoms with van der Waals surface area (Å²) in [5.74, 6) is -1.75. The molecule has 1 unspecified atom stereocenters. The van der Waals surface area contributed by atoms with Gasteiger partial charge in [-0.05, 0) is 18.1 Å². The fourth-order valence-electron chi connectivity index (χ4n) is 1.51. The minimum absolute atomic E-state index is 0.242. The number of carboxylic acids is 1. The number of nitrogens with one attached hydrogen (secondary N) is 2. The van der Waals surface area contributed by atoms with E-state index in [1.54, 1.807) is 32.0 Å². The van der Waals surface area contributed by atoms with Crippen LogP contribution in [0.5, 0.6) is 0 Å². The zero-order valence-electron chi connectivity index (χ0n) is 11.3. The lowest BCUT2D eigenvalue weighted by Crippen LogP contribution is -2.47. The molecule has 0 aliphatic rings. The number of halogens is 1. The molecule has 0 aliphatic carbocycles. The lowest BCUT2D eigenvalue weighted by atomic mass is 10.1. The van der Waals surface area contributed by atoms with E-state index in [4.69, 9.17) is 5.11 Å². The van der Waals surface area contributed by atoms with Gasteiger partial charge >= 0.3 is 12.0 Å². The minimum Gasteiger partial charge on any atom is -0.480 e. The van der Waals surface area contributed by atoms with E-state index in [2.05, 4.69) is 10.6 Å². The van der Waals surface area contributed by atoms with Gasteiger partial charge in [0.15, 0.2) is 0 Å². The summed E-state index contributed by atoms with van der Waals surface area (Å²) in [5.41, 5.74) is 0.325. The van der Waals surface area contributed by atoms with Crippen LogP contribution in [0.4, 0.5) is 9.18 Å². The van der Waals surface area contributed by atoms with Crippen molar-refractivity contribution in [1.82, 2.24) is 10.6 Å². The molecule has 0 spiro atoms. The van der Waals surface area contributed by atoms with Crippen molar-refractivity contribution >= 4 is 18.1 Å². The Morgan fingerprint density at radius 1 is 1.30 bits per heavy atom. The summed E-state index contributed by atoms with van der Waals surface area (Å²) in [5, 5.41) is 13.6. The van der Waals surface area contributed by atoms with Gasteiger partial charge in [0.1, 0.15) is 11.9 Å². The van der Waals surface area contributed by atoms with Gasteiger partial charge < -0.3 is 15.7 Å². The van der Waals surface area contributed by atoms with Crippen molar-refractivity contribution in [2.75, 3.05) is 0 Å². The molecule has 6 heteroatoms. The average molecular weight is 280 g/mol. The molecule has 20 heavy (non-hydrogen) atoms. The van der Waals surface area contributed by atoms with Crippen molar-refractivity contribution < 1.29 is 19.1 Å². The topological polar surface area (TPSA) is 78.4 Å². The monoisotopic (exact) mass is 280 g/mol. The van der Waals surface area contributed by atoms with Crippen molar-refractivity contribution in [3.05, 3.63) is 41.8 Å². The molecule has 0 aliphatic heterocycles. The first-order valence-electron chi connectivity index (χ1n) is 6.12. The SMILES string of the molecule is CC(C)C(NC(=O)N/C=C/c1ccccc1F)C(=O)O. The van der Waals surface area contributed by atoms with Crippen LogP contribution in [0.1, 0.15) is 19.4 Å². The molecule has 1 aromatic carbocycles. The molecule has 0 heterocycles. The number of hydrogen-bond donors (Lipinski definition) is 3. The summed E-state index contributed by atoms with van der Waals surface area (Å²) < 4.78 is 13.3. The van der Waals surface area contributed by atoms with E-state index in [0.29, 0.717) is 5.56 Å². The number of carbonyl (C=O) groups is 2. The van der Waals surface area contributed by atoms with Gasteiger partial charge in [0.25, 0.3) is 0 Å². The fourth-order valence-corrected chi connectivity index (χ4v) is 1.51. The largest absolute Gasteiger partial charge is 0.480 e. The fraction of sp³-hybridized carbons (Fsp3) is 0.286. The van der Waals surface area contributed by atoms with Crippen LogP contribution in [0, 0.1) is 11.7 Å². The van der Waals surface area contributed by atoms with E-state index in [9.17, 15) is 14.0 Å². The second-order valence-electron chi connectivity index (χ2n) is 4.53. The number of hydrogen-bond acceptors (Lipinski definition) is 2. The summed E-state index contributed by atoms with van der Waals surface area (Å²) in [7, 11) is 0. The van der Waals surface area contributed by atoms with Crippen LogP contribution in [0.15, 0.2) is 30.5 Å². The minimum atomic E-state index is -1.10. The van der Waals surface area contributed by atoms with Crippen molar-refractivity contribution in [1.29, 1.82) is 0 Å². The second-order valence-corrected chi connectivity index (χ2v) is 4.53. The highest BCUT2D eigenvalue weighted by molar-refractivity contribution is 5.83. The highest BCUT2D eigenvalue weighted by Crippen LogP contribution is 2.07. The van der Waals surface area contributed by atoms with Crippen molar-refractivity contribution in [2.45, 2.75) is 19.9 Å². The van der Waals surface area contributed by atoms with Crippen molar-refractivity contribution in [3.8, 4) is 0 Å². The van der Waals surface area contributed by atoms with Crippen LogP contribution < -0.4 is 10.6 Å². The Morgan fingerprint density at radius 2 is 1.95 bits per heavy atom. The van der Waals surface area contributed by atoms with E-state index in [0.717, 1.165) is 0 Å². The van der Waals surface area contributed by atoms with Crippen molar-refractivity contribution in [2.24, 2.45) is 5.92 Å². The Morgan fingerprint density at radius 3 is 2.50 bits per heavy atom. The van der Waals surface area contributed by atoms with Crippen LogP contribution >= 0.6 is 0 Å². The van der Waals surface area contributed by atoms with Gasteiger partial charge in [-0.1, -0.05) is 32.0 Å². The van der Waals surface area contributed by atoms with E-state index >= 15 is 0 Å². The van der Waals surface area contributed by atoms with Gasteiger partial charge in [-0.3, -0.25) is 0 Å². The zero-order chi connectivity index (χ0) is 15.1. The summed E-state index contributed by atoms with van der Waals surface area (Å²) in [4.78, 5) is 22.4. The van der Waals surface area contributed by atoms with Crippen LogP contribution in [0.25, 0.3) is 6.08 Å². The Hall–Kier alpha value is -2.37. The molecule has 2 amide bonds. The number of carboxylic acid groups (broad SMARTS) is 1. The molecular formula is C14H17FN2O3. The Bertz CT molecular complexity index is 515. The average Bonchev–Trinajstić information content (AvgIpc) is 2.37. The molecular weight excluding hydrogens is 263 g/mol. The smallest absolute Gasteiger partial charge is 0.326 e. The number of rotatable bonds is 5. The highest BCUT2D eigenvalue weighted by Gasteiger charge is 2.22. The van der Waals surface area contributed by atoms with Crippen molar-refractivity contribution in [3.63, 3.8) is 0 Å². The molecule has 5 nitrogen and oxygen atoms in total. The van der Waals surface area contributed by atoms with Gasteiger partial charge in [-0.15, -0.1) is 0 Å². The third-order valence-corrected chi connectivity index (χ3v) is 2.60. The van der Waals surface area contributed by atoms with E-state index < -0.39 is 23.9 Å². The van der Waals surface area contributed by atoms with Gasteiger partial charge in [-0.2, -0.15) is 0 Å². The number of aliphatic carboxylic acids is 1. The Kier molecular flexibility index (Phi) is 5.71. The number of urea groups is 1. The maximum atomic E-state index is 13.3. The molecule has 0 fully saturated rings. The van der Waals surface area contributed by atoms with E-state index in [1.165, 1.54) is 18.3 Å². The second kappa shape index (κ2) is 7.28. The highest BCUT2D eigenvalue weighted by atomic mass is 19.1. The molecule has 1 atom stereocenters. The number of carbonyl (C=O) groups excluding carboxylic acids is 1. The summed E-state index contributed by atoms with van der Waals surface area (Å²) in [6, 6.07) is 4.46. The van der Waals surface area contributed by atoms with Crippen LogP contribution in [-0.2, 0) is 4.79 Å². The molecule has 0 saturated heterocycles. The Labute approximate surface area is 116 Å². The first-order valence-corrected chi connectivity index (χ1v) is 6.12. The molecule has 108 valence electrons. The first-order chi connectivity index (χ1) is 9.41. The van der Waals surface area contributed by atoms with Gasteiger partial charge in [-0.25, -0.2) is 14.0 Å². The molecule has 0 radical (unpaired) electrons. The molecule has 1 aromatic rings. The molecule has 3 N–H and O–H groups in total. The number of benzene rings is 1. The number of amides is 2. The molecule has 0 aromatic heterocycles. The molecule has 1 rings (SSSR count). The predicted molar refractivity (Wildman–Crippen MR) is 73.4 cm³/mol. The lowest BCUT2D eigenvalue weighted by molar-refractivity contribution is -0.140. The maximum Gasteiger partial charge on any atom is 0.326 e. The van der Waals surface area contributed by atoms with E-state index in [-0.39, 0.29) is 5.92 Å². The summed E-state index contributed by atoms with van der Waals surface area (Å²) in [6.07, 6.45) is 2.65. The van der Waals surface area contributed by atoms with Gasteiger partial charge in [0, 0.05) is 11.8 Å².